The number of hydrazone groups is 1. The maximum absolute atomic E-state index is 9.25. The zero-order valence-corrected chi connectivity index (χ0v) is 2.83. The Labute approximate surface area is 33.2 Å². The Morgan fingerprint density at radius 2 is 1.67 bits per heavy atom. The molecule has 0 aliphatic rings. The molecule has 34 valence electrons. The van der Waals surface area contributed by atoms with E-state index in [2.05, 4.69) is 6.72 Å². The van der Waals surface area contributed by atoms with Crippen LogP contribution in [0, 0.1) is 15.3 Å². The molecular weight excluding hydrogens is 88.0 g/mol. The molecule has 0 aromatic carbocycles. The molecule has 0 radical (unpaired) electrons. The minimum Gasteiger partial charge on any atom is -0.558 e. The van der Waals surface area contributed by atoms with Gasteiger partial charge in [0.05, 0.1) is 0 Å². The van der Waals surface area contributed by atoms with E-state index < -0.39 is 9.88 Å². The summed E-state index contributed by atoms with van der Waals surface area (Å²) >= 11 is 0. The smallest absolute Gasteiger partial charge is 0.335 e. The number of nitro groups is 1. The second kappa shape index (κ2) is 1.34. The standard InChI is InChI=1S/CH2N2O3/c1-2(4)3(5)6/h1H2. The van der Waals surface area contributed by atoms with E-state index >= 15 is 0 Å². The Morgan fingerprint density at radius 3 is 1.67 bits per heavy atom. The van der Waals surface area contributed by atoms with E-state index in [1.54, 1.807) is 0 Å². The van der Waals surface area contributed by atoms with Crippen molar-refractivity contribution in [2.45, 2.75) is 0 Å². The lowest BCUT2D eigenvalue weighted by Gasteiger charge is -1.79. The molecule has 0 saturated carbocycles. The van der Waals surface area contributed by atoms with Crippen LogP contribution in [0.1, 0.15) is 0 Å². The van der Waals surface area contributed by atoms with Crippen molar-refractivity contribution in [2.75, 3.05) is 0 Å². The molecule has 0 unspecified atom stereocenters. The lowest BCUT2D eigenvalue weighted by atomic mass is 11.7. The van der Waals surface area contributed by atoms with Gasteiger partial charge in [0.2, 0.25) is 6.72 Å². The number of hydrazine groups is 1. The van der Waals surface area contributed by atoms with E-state index in [4.69, 9.17) is 10.1 Å². The molecule has 5 nitrogen and oxygen atoms in total. The van der Waals surface area contributed by atoms with Crippen LogP contribution in [-0.4, -0.2) is 16.6 Å². The summed E-state index contributed by atoms with van der Waals surface area (Å²) in [7, 11) is 0. The van der Waals surface area contributed by atoms with Crippen LogP contribution in [0.4, 0.5) is 0 Å². The first-order chi connectivity index (χ1) is 2.64. The van der Waals surface area contributed by atoms with Gasteiger partial charge in [-0.05, 0) is 0 Å². The van der Waals surface area contributed by atoms with Crippen molar-refractivity contribution in [1.29, 1.82) is 0 Å². The number of rotatable bonds is 1. The molecule has 6 heavy (non-hydrogen) atoms. The minimum atomic E-state index is -1.17. The molecule has 0 saturated heterocycles. The van der Waals surface area contributed by atoms with E-state index in [0.29, 0.717) is 0 Å². The van der Waals surface area contributed by atoms with Gasteiger partial charge in [-0.1, -0.05) is 0 Å². The van der Waals surface area contributed by atoms with Crippen LogP contribution in [0.3, 0.4) is 0 Å². The summed E-state index contributed by atoms with van der Waals surface area (Å²) in [6, 6.07) is 0. The van der Waals surface area contributed by atoms with E-state index in [-0.39, 0.29) is 0 Å². The molecule has 0 rings (SSSR count). The zero-order valence-electron chi connectivity index (χ0n) is 2.83. The van der Waals surface area contributed by atoms with Gasteiger partial charge in [-0.15, -0.1) is 0 Å². The van der Waals surface area contributed by atoms with Gasteiger partial charge in [-0.25, -0.2) is 0 Å². The second-order valence-electron chi connectivity index (χ2n) is 0.590. The molecule has 5 heteroatoms. The lowest BCUT2D eigenvalue weighted by Crippen LogP contribution is -2.07. The fourth-order valence-corrected chi connectivity index (χ4v) is 0. The molecule has 0 aliphatic carbocycles. The Balaban J connectivity index is 3.57. The Bertz CT molecular complexity index is 74.8. The van der Waals surface area contributed by atoms with Crippen LogP contribution < -0.4 is 0 Å². The number of hydrogen-bond acceptors (Lipinski definition) is 3. The van der Waals surface area contributed by atoms with Crippen molar-refractivity contribution < 1.29 is 9.88 Å². The van der Waals surface area contributed by atoms with Gasteiger partial charge in [-0.2, -0.15) is 10.1 Å². The highest BCUT2D eigenvalue weighted by molar-refractivity contribution is 5.13. The van der Waals surface area contributed by atoms with Crippen molar-refractivity contribution in [3.63, 3.8) is 0 Å². The van der Waals surface area contributed by atoms with Crippen molar-refractivity contribution in [2.24, 2.45) is 0 Å². The second-order valence-corrected chi connectivity index (χ2v) is 0.590. The maximum Gasteiger partial charge on any atom is 0.335 e. The third kappa shape index (κ3) is 1.22. The lowest BCUT2D eigenvalue weighted by molar-refractivity contribution is -1.06. The summed E-state index contributed by atoms with van der Waals surface area (Å²) in [5.41, 5.74) is 0. The van der Waals surface area contributed by atoms with E-state index in [1.165, 1.54) is 0 Å². The highest BCUT2D eigenvalue weighted by Gasteiger charge is 1.93. The topological polar surface area (TPSA) is 69.2 Å². The molecule has 0 fully saturated rings. The summed E-state index contributed by atoms with van der Waals surface area (Å²) in [6.45, 7) is 2.42. The van der Waals surface area contributed by atoms with Crippen LogP contribution in [0.25, 0.3) is 0 Å². The Kier molecular flexibility index (Phi) is 1.09. The average molecular weight is 90.0 g/mol. The van der Waals surface area contributed by atoms with Crippen molar-refractivity contribution in [3.05, 3.63) is 15.3 Å². The Morgan fingerprint density at radius 1 is 1.50 bits per heavy atom. The fraction of sp³-hybridized carbons (Fsp3) is 0. The SMILES string of the molecule is C=[N+]([O-])[N+](=O)[O-]. The van der Waals surface area contributed by atoms with Gasteiger partial charge in [0, 0.05) is 0 Å². The average Bonchev–Trinajstić information content (AvgIpc) is 1.36. The third-order valence-electron chi connectivity index (χ3n) is 0.182. The van der Waals surface area contributed by atoms with Crippen LogP contribution in [0.15, 0.2) is 0 Å². The molecule has 0 N–H and O–H groups in total. The predicted octanol–water partition coefficient (Wildman–Crippen LogP) is -0.611. The molecule has 0 spiro atoms. The largest absolute Gasteiger partial charge is 0.558 e. The normalized spacial score (nSPS) is 7.33. The first-order valence-electron chi connectivity index (χ1n) is 1.06. The first kappa shape index (κ1) is 4.87. The molecule has 0 heterocycles. The van der Waals surface area contributed by atoms with E-state index in [9.17, 15) is 5.21 Å². The van der Waals surface area contributed by atoms with Crippen LogP contribution in [0.5, 0.6) is 0 Å². The summed E-state index contributed by atoms with van der Waals surface area (Å²) in [5, 5.41) is 17.1. The number of hydrogen-bond donors (Lipinski definition) is 0. The van der Waals surface area contributed by atoms with Crippen molar-refractivity contribution >= 4 is 6.72 Å². The van der Waals surface area contributed by atoms with Gasteiger partial charge in [0.1, 0.15) is 4.85 Å². The summed E-state index contributed by atoms with van der Waals surface area (Å²) in [6.07, 6.45) is 0. The fourth-order valence-electron chi connectivity index (χ4n) is 0. The molecule has 0 aromatic rings. The number of nitrogens with zero attached hydrogens (tertiary/aromatic N) is 2. The predicted molar refractivity (Wildman–Crippen MR) is 17.7 cm³/mol. The van der Waals surface area contributed by atoms with Crippen molar-refractivity contribution in [1.82, 2.24) is 0 Å². The molecule has 0 aliphatic heterocycles. The van der Waals surface area contributed by atoms with E-state index in [1.807, 2.05) is 0 Å². The molecular formula is CH2N2O3. The minimum absolute atomic E-state index is 0.611. The molecule has 0 atom stereocenters. The molecule has 0 amide bonds. The quantitative estimate of drug-likeness (QED) is 0.142. The van der Waals surface area contributed by atoms with Gasteiger partial charge < -0.3 is 5.21 Å². The Hall–Kier alpha value is -1.13. The van der Waals surface area contributed by atoms with Gasteiger partial charge >= 0.3 is 5.03 Å². The van der Waals surface area contributed by atoms with Gasteiger partial charge in [0.15, 0.2) is 0 Å². The maximum atomic E-state index is 9.25. The van der Waals surface area contributed by atoms with Crippen LogP contribution in [-0.2, 0) is 0 Å². The van der Waals surface area contributed by atoms with Gasteiger partial charge in [-0.3, -0.25) is 0 Å². The monoisotopic (exact) mass is 90.0 g/mol. The highest BCUT2D eigenvalue weighted by atomic mass is 16.8. The molecule has 0 aromatic heterocycles. The third-order valence-corrected chi connectivity index (χ3v) is 0.182. The van der Waals surface area contributed by atoms with Crippen LogP contribution in [0.2, 0.25) is 0 Å². The van der Waals surface area contributed by atoms with Gasteiger partial charge in [0.25, 0.3) is 0 Å². The molecule has 0 bridgehead atoms. The van der Waals surface area contributed by atoms with Crippen LogP contribution >= 0.6 is 0 Å². The first-order valence-corrected chi connectivity index (χ1v) is 1.06. The zero-order chi connectivity index (χ0) is 5.15. The van der Waals surface area contributed by atoms with Crippen molar-refractivity contribution in [3.8, 4) is 0 Å². The summed E-state index contributed by atoms with van der Waals surface area (Å²) in [5.74, 6) is 0. The summed E-state index contributed by atoms with van der Waals surface area (Å²) < 4.78 is 0. The van der Waals surface area contributed by atoms with E-state index in [0.717, 1.165) is 0 Å². The highest BCUT2D eigenvalue weighted by Crippen LogP contribution is 1.60. The summed E-state index contributed by atoms with van der Waals surface area (Å²) in [4.78, 5) is 8.44.